The number of hydrogen-bond acceptors (Lipinski definition) is 2. The zero-order valence-corrected chi connectivity index (χ0v) is 10.5. The van der Waals surface area contributed by atoms with Gasteiger partial charge in [-0.2, -0.15) is 0 Å². The van der Waals surface area contributed by atoms with Gasteiger partial charge in [0.2, 0.25) is 0 Å². The summed E-state index contributed by atoms with van der Waals surface area (Å²) in [7, 11) is 0. The number of carboxylic acid groups (broad SMARTS) is 2. The third kappa shape index (κ3) is 4.03. The predicted octanol–water partition coefficient (Wildman–Crippen LogP) is 2.88. The first-order valence-electron chi connectivity index (χ1n) is 4.89. The number of aromatic carboxylic acids is 2. The lowest BCUT2D eigenvalue weighted by Crippen LogP contribution is -2.02. The summed E-state index contributed by atoms with van der Waals surface area (Å²) in [5.41, 5.74) is 0.523. The van der Waals surface area contributed by atoms with E-state index < -0.39 is 11.9 Å². The highest BCUT2D eigenvalue weighted by atomic mass is 79.9. The molecule has 0 radical (unpaired) electrons. The van der Waals surface area contributed by atoms with Gasteiger partial charge in [-0.3, -0.25) is 0 Å². The minimum Gasteiger partial charge on any atom is -0.478 e. The van der Waals surface area contributed by atoms with Gasteiger partial charge in [0.25, 0.3) is 0 Å². The van der Waals surface area contributed by atoms with Crippen LogP contribution in [0.1, 0.15) is 32.7 Å². The average Bonchev–Trinajstić information content (AvgIpc) is 2.29. The van der Waals surface area contributed by atoms with Gasteiger partial charge < -0.3 is 10.2 Å². The van der Waals surface area contributed by atoms with Gasteiger partial charge in [-0.1, -0.05) is 28.1 Å². The molecule has 0 amide bonds. The quantitative estimate of drug-likeness (QED) is 0.820. The summed E-state index contributed by atoms with van der Waals surface area (Å²) in [6.07, 6.45) is 4.35. The highest BCUT2D eigenvalue weighted by molar-refractivity contribution is 9.09. The van der Waals surface area contributed by atoms with E-state index in [1.165, 1.54) is 12.1 Å². The van der Waals surface area contributed by atoms with E-state index in [2.05, 4.69) is 15.9 Å². The fourth-order valence-electron chi connectivity index (χ4n) is 1.28. The molecule has 0 saturated carbocycles. The monoisotopic (exact) mass is 298 g/mol. The van der Waals surface area contributed by atoms with E-state index in [0.29, 0.717) is 5.56 Å². The second-order valence-electron chi connectivity index (χ2n) is 3.33. The molecule has 1 aromatic carbocycles. The Balaban J connectivity index is 3.12. The van der Waals surface area contributed by atoms with Crippen molar-refractivity contribution in [3.8, 4) is 0 Å². The molecule has 5 heteroatoms. The van der Waals surface area contributed by atoms with Crippen LogP contribution in [0.3, 0.4) is 0 Å². The molecule has 17 heavy (non-hydrogen) atoms. The maximum Gasteiger partial charge on any atom is 0.335 e. The van der Waals surface area contributed by atoms with Crippen molar-refractivity contribution in [2.75, 3.05) is 5.33 Å². The van der Waals surface area contributed by atoms with Crippen molar-refractivity contribution in [3.05, 3.63) is 41.0 Å². The number of halogens is 1. The summed E-state index contributed by atoms with van der Waals surface area (Å²) < 4.78 is 0. The second kappa shape index (κ2) is 6.20. The van der Waals surface area contributed by atoms with E-state index in [9.17, 15) is 9.59 Å². The summed E-state index contributed by atoms with van der Waals surface area (Å²) >= 11 is 3.26. The summed E-state index contributed by atoms with van der Waals surface area (Å²) in [6.45, 7) is 0. The molecule has 0 aliphatic carbocycles. The highest BCUT2D eigenvalue weighted by Gasteiger charge is 2.10. The zero-order chi connectivity index (χ0) is 12.8. The van der Waals surface area contributed by atoms with Gasteiger partial charge in [-0.05, 0) is 30.2 Å². The molecule has 0 bridgehead atoms. The Hall–Kier alpha value is -1.62. The van der Waals surface area contributed by atoms with Crippen LogP contribution in [-0.2, 0) is 0 Å². The van der Waals surface area contributed by atoms with Crippen LogP contribution in [0.15, 0.2) is 24.3 Å². The van der Waals surface area contributed by atoms with Gasteiger partial charge >= 0.3 is 11.9 Å². The molecule has 0 saturated heterocycles. The lowest BCUT2D eigenvalue weighted by Gasteiger charge is -2.01. The van der Waals surface area contributed by atoms with Crippen molar-refractivity contribution in [1.29, 1.82) is 0 Å². The summed E-state index contributed by atoms with van der Waals surface area (Å²) in [6, 6.07) is 4.03. The SMILES string of the molecule is O=C(O)c1cc(C=CCCBr)cc(C(=O)O)c1. The first kappa shape index (κ1) is 13.4. The standard InChI is InChI=1S/C12H11BrO4/c13-4-2-1-3-8-5-9(11(14)15)7-10(6-8)12(16)17/h1,3,5-7H,2,4H2,(H,14,15)(H,16,17). The van der Waals surface area contributed by atoms with Crippen molar-refractivity contribution in [3.63, 3.8) is 0 Å². The Morgan fingerprint density at radius 2 is 1.65 bits per heavy atom. The Labute approximate surface area is 107 Å². The number of allylic oxidation sites excluding steroid dienone is 1. The van der Waals surface area contributed by atoms with Crippen molar-refractivity contribution < 1.29 is 19.8 Å². The Kier molecular flexibility index (Phi) is 4.90. The zero-order valence-electron chi connectivity index (χ0n) is 8.89. The number of carboxylic acids is 2. The van der Waals surface area contributed by atoms with Gasteiger partial charge in [-0.15, -0.1) is 0 Å². The Bertz CT molecular complexity index is 433. The molecule has 0 unspecified atom stereocenters. The Morgan fingerprint density at radius 1 is 1.12 bits per heavy atom. The van der Waals surface area contributed by atoms with Crippen LogP contribution in [0.2, 0.25) is 0 Å². The molecule has 1 aromatic rings. The van der Waals surface area contributed by atoms with Gasteiger partial charge in [-0.25, -0.2) is 9.59 Å². The molecule has 0 fully saturated rings. The third-order valence-corrected chi connectivity index (χ3v) is 2.49. The molecule has 0 spiro atoms. The summed E-state index contributed by atoms with van der Waals surface area (Å²) in [5.74, 6) is -2.27. The Morgan fingerprint density at radius 3 is 2.06 bits per heavy atom. The van der Waals surface area contributed by atoms with Crippen molar-refractivity contribution in [1.82, 2.24) is 0 Å². The van der Waals surface area contributed by atoms with Gasteiger partial charge in [0.1, 0.15) is 0 Å². The number of carbonyl (C=O) groups is 2. The van der Waals surface area contributed by atoms with Crippen molar-refractivity contribution in [2.24, 2.45) is 0 Å². The number of benzene rings is 1. The van der Waals surface area contributed by atoms with Crippen LogP contribution in [0, 0.1) is 0 Å². The maximum atomic E-state index is 10.8. The molecule has 0 aliphatic rings. The molecule has 4 nitrogen and oxygen atoms in total. The van der Waals surface area contributed by atoms with Gasteiger partial charge in [0.15, 0.2) is 0 Å². The van der Waals surface area contributed by atoms with Crippen LogP contribution in [0.5, 0.6) is 0 Å². The van der Waals surface area contributed by atoms with Gasteiger partial charge in [0, 0.05) is 5.33 Å². The second-order valence-corrected chi connectivity index (χ2v) is 4.13. The minimum absolute atomic E-state index is 0.0246. The smallest absolute Gasteiger partial charge is 0.335 e. The van der Waals surface area contributed by atoms with Crippen LogP contribution < -0.4 is 0 Å². The lowest BCUT2D eigenvalue weighted by atomic mass is 10.1. The molecule has 0 heterocycles. The highest BCUT2D eigenvalue weighted by Crippen LogP contribution is 2.13. The van der Waals surface area contributed by atoms with Gasteiger partial charge in [0.05, 0.1) is 11.1 Å². The molecule has 1 rings (SSSR count). The maximum absolute atomic E-state index is 10.8. The number of alkyl halides is 1. The minimum atomic E-state index is -1.14. The molecule has 90 valence electrons. The molecule has 0 aromatic heterocycles. The molecular formula is C12H11BrO4. The van der Waals surface area contributed by atoms with E-state index in [0.717, 1.165) is 17.8 Å². The predicted molar refractivity (Wildman–Crippen MR) is 67.8 cm³/mol. The first-order chi connectivity index (χ1) is 8.04. The topological polar surface area (TPSA) is 74.6 Å². The van der Waals surface area contributed by atoms with Crippen LogP contribution in [0.4, 0.5) is 0 Å². The molecule has 0 atom stereocenters. The van der Waals surface area contributed by atoms with E-state index in [1.807, 2.05) is 6.08 Å². The number of rotatable bonds is 5. The summed E-state index contributed by atoms with van der Waals surface area (Å²) in [4.78, 5) is 21.7. The van der Waals surface area contributed by atoms with Crippen LogP contribution in [0.25, 0.3) is 6.08 Å². The van der Waals surface area contributed by atoms with Crippen LogP contribution >= 0.6 is 15.9 Å². The largest absolute Gasteiger partial charge is 0.478 e. The van der Waals surface area contributed by atoms with E-state index >= 15 is 0 Å². The molecular weight excluding hydrogens is 288 g/mol. The van der Waals surface area contributed by atoms with E-state index in [1.54, 1.807) is 6.08 Å². The fourth-order valence-corrected chi connectivity index (χ4v) is 1.54. The number of hydrogen-bond donors (Lipinski definition) is 2. The van der Waals surface area contributed by atoms with Crippen molar-refractivity contribution >= 4 is 33.9 Å². The third-order valence-electron chi connectivity index (χ3n) is 2.04. The lowest BCUT2D eigenvalue weighted by molar-refractivity contribution is 0.0696. The normalized spacial score (nSPS) is 10.6. The molecule has 0 aliphatic heterocycles. The summed E-state index contributed by atoms with van der Waals surface area (Å²) in [5, 5.41) is 18.5. The molecule has 2 N–H and O–H groups in total. The van der Waals surface area contributed by atoms with Crippen molar-refractivity contribution in [2.45, 2.75) is 6.42 Å². The van der Waals surface area contributed by atoms with Crippen LogP contribution in [-0.4, -0.2) is 27.5 Å². The first-order valence-corrected chi connectivity index (χ1v) is 6.01. The van der Waals surface area contributed by atoms with E-state index in [4.69, 9.17) is 10.2 Å². The fraction of sp³-hybridized carbons (Fsp3) is 0.167. The van der Waals surface area contributed by atoms with E-state index in [-0.39, 0.29) is 11.1 Å². The average molecular weight is 299 g/mol.